The van der Waals surface area contributed by atoms with Gasteiger partial charge in [0.05, 0.1) is 10.8 Å². The van der Waals surface area contributed by atoms with E-state index >= 15 is 0 Å². The van der Waals surface area contributed by atoms with Gasteiger partial charge in [-0.15, -0.1) is 0 Å². The first kappa shape index (κ1) is 24.4. The van der Waals surface area contributed by atoms with Gasteiger partial charge in [-0.25, -0.2) is 4.79 Å². The van der Waals surface area contributed by atoms with Crippen molar-refractivity contribution in [2.24, 2.45) is 10.8 Å². The molecule has 0 saturated carbocycles. The Bertz CT molecular complexity index is 448. The third-order valence-corrected chi connectivity index (χ3v) is 3.80. The second-order valence-electron chi connectivity index (χ2n) is 6.83. The Kier molecular flexibility index (Phi) is 11.0. The molecule has 0 aromatic rings. The summed E-state index contributed by atoms with van der Waals surface area (Å²) < 4.78 is 9.77. The van der Waals surface area contributed by atoms with Crippen LogP contribution in [0.2, 0.25) is 0 Å². The third-order valence-electron chi connectivity index (χ3n) is 3.80. The summed E-state index contributed by atoms with van der Waals surface area (Å²) >= 11 is 0. The second-order valence-corrected chi connectivity index (χ2v) is 6.83. The number of ether oxygens (including phenoxy) is 2. The number of carbonyl (C=O) groups excluding carboxylic acids is 2. The molecule has 0 atom stereocenters. The number of carbonyl (C=O) groups is 3. The van der Waals surface area contributed by atoms with Crippen molar-refractivity contribution < 1.29 is 29.0 Å². The summed E-state index contributed by atoms with van der Waals surface area (Å²) in [6.45, 7) is 16.0. The number of carboxylic acids is 1. The summed E-state index contributed by atoms with van der Waals surface area (Å²) in [5.41, 5.74) is -0.696. The fraction of sp³-hybridized carbons (Fsp3) is 0.722. The van der Waals surface area contributed by atoms with Crippen LogP contribution in [-0.4, -0.2) is 36.2 Å². The van der Waals surface area contributed by atoms with Crippen LogP contribution in [0.3, 0.4) is 0 Å². The molecule has 6 heteroatoms. The molecule has 0 bridgehead atoms. The molecule has 0 unspecified atom stereocenters. The molecule has 0 aliphatic carbocycles. The van der Waals surface area contributed by atoms with Crippen molar-refractivity contribution in [2.75, 3.05) is 13.2 Å². The normalized spacial score (nSPS) is 11.0. The zero-order valence-electron chi connectivity index (χ0n) is 16.0. The molecule has 0 radical (unpaired) electrons. The second kappa shape index (κ2) is 10.8. The fourth-order valence-corrected chi connectivity index (χ4v) is 0.883. The maximum absolute atomic E-state index is 11.5. The predicted molar refractivity (Wildman–Crippen MR) is 92.5 cm³/mol. The van der Waals surface area contributed by atoms with E-state index in [1.54, 1.807) is 20.8 Å². The minimum Gasteiger partial charge on any atom is -0.481 e. The highest BCUT2D eigenvalue weighted by molar-refractivity contribution is 5.86. The molecule has 0 aliphatic heterocycles. The van der Waals surface area contributed by atoms with Crippen LogP contribution in [0.4, 0.5) is 0 Å². The van der Waals surface area contributed by atoms with Gasteiger partial charge in [0.1, 0.15) is 13.2 Å². The van der Waals surface area contributed by atoms with Crippen molar-refractivity contribution in [3.05, 3.63) is 12.2 Å². The molecular formula is C18H32O6. The Balaban J connectivity index is 0. The number of carboxylic acid groups (broad SMARTS) is 1. The number of hydrogen-bond acceptors (Lipinski definition) is 5. The van der Waals surface area contributed by atoms with Crippen molar-refractivity contribution in [1.29, 1.82) is 0 Å². The Hall–Kier alpha value is -1.85. The Morgan fingerprint density at radius 1 is 0.917 bits per heavy atom. The molecule has 24 heavy (non-hydrogen) atoms. The molecule has 0 aliphatic rings. The lowest BCUT2D eigenvalue weighted by Crippen LogP contribution is -2.27. The average Bonchev–Trinajstić information content (AvgIpc) is 2.51. The SMILES string of the molecule is C=C(C)C(=O)OCCOC(=O)C(C)(C)CC.CCC(C)(C)C(=O)O. The van der Waals surface area contributed by atoms with Gasteiger partial charge in [0.2, 0.25) is 0 Å². The largest absolute Gasteiger partial charge is 0.481 e. The molecule has 0 saturated heterocycles. The summed E-state index contributed by atoms with van der Waals surface area (Å²) in [6, 6.07) is 0. The lowest BCUT2D eigenvalue weighted by Gasteiger charge is -2.20. The van der Waals surface area contributed by atoms with Crippen molar-refractivity contribution in [3.8, 4) is 0 Å². The van der Waals surface area contributed by atoms with Gasteiger partial charge in [-0.05, 0) is 47.5 Å². The highest BCUT2D eigenvalue weighted by Crippen LogP contribution is 2.21. The van der Waals surface area contributed by atoms with E-state index in [0.717, 1.165) is 0 Å². The van der Waals surface area contributed by atoms with Crippen LogP contribution in [0.15, 0.2) is 12.2 Å². The van der Waals surface area contributed by atoms with Crippen molar-refractivity contribution >= 4 is 17.9 Å². The third kappa shape index (κ3) is 10.0. The van der Waals surface area contributed by atoms with Gasteiger partial charge in [-0.3, -0.25) is 9.59 Å². The summed E-state index contributed by atoms with van der Waals surface area (Å²) in [5, 5.41) is 8.44. The van der Waals surface area contributed by atoms with Crippen molar-refractivity contribution in [1.82, 2.24) is 0 Å². The van der Waals surface area contributed by atoms with Crippen molar-refractivity contribution in [2.45, 2.75) is 61.3 Å². The van der Waals surface area contributed by atoms with Gasteiger partial charge in [-0.2, -0.15) is 0 Å². The summed E-state index contributed by atoms with van der Waals surface area (Å²) in [4.78, 5) is 32.7. The molecule has 0 aromatic heterocycles. The molecule has 140 valence electrons. The minimum absolute atomic E-state index is 0.0667. The first-order chi connectivity index (χ1) is 10.8. The van der Waals surface area contributed by atoms with Crippen LogP contribution in [0.25, 0.3) is 0 Å². The van der Waals surface area contributed by atoms with E-state index in [2.05, 4.69) is 6.58 Å². The van der Waals surface area contributed by atoms with E-state index in [9.17, 15) is 14.4 Å². The van der Waals surface area contributed by atoms with E-state index in [4.69, 9.17) is 14.6 Å². The quantitative estimate of drug-likeness (QED) is 0.411. The summed E-state index contributed by atoms with van der Waals surface area (Å²) in [5.74, 6) is -1.47. The summed E-state index contributed by atoms with van der Waals surface area (Å²) in [7, 11) is 0. The van der Waals surface area contributed by atoms with Gasteiger partial charge in [0, 0.05) is 5.57 Å². The minimum atomic E-state index is -0.722. The maximum atomic E-state index is 11.5. The van der Waals surface area contributed by atoms with E-state index in [0.29, 0.717) is 18.4 Å². The van der Waals surface area contributed by atoms with Gasteiger partial charge in [-0.1, -0.05) is 20.4 Å². The molecular weight excluding hydrogens is 312 g/mol. The topological polar surface area (TPSA) is 89.9 Å². The highest BCUT2D eigenvalue weighted by Gasteiger charge is 2.26. The molecule has 0 rings (SSSR count). The standard InChI is InChI=1S/C12H20O4.C6H12O2/c1-6-12(4,5)11(14)16-8-7-15-10(13)9(2)3;1-4-6(2,3)5(7)8/h2,6-8H2,1,3-5H3;4H2,1-3H3,(H,7,8). The van der Waals surface area contributed by atoms with Crippen LogP contribution in [0.5, 0.6) is 0 Å². The van der Waals surface area contributed by atoms with Crippen LogP contribution in [-0.2, 0) is 23.9 Å². The Morgan fingerprint density at radius 3 is 1.62 bits per heavy atom. The van der Waals surface area contributed by atoms with Gasteiger partial charge in [0.15, 0.2) is 0 Å². The first-order valence-electron chi connectivity index (χ1n) is 8.05. The lowest BCUT2D eigenvalue weighted by molar-refractivity contribution is -0.158. The molecule has 0 aromatic carbocycles. The molecule has 1 N–H and O–H groups in total. The Labute approximate surface area is 145 Å². The first-order valence-corrected chi connectivity index (χ1v) is 8.05. The fourth-order valence-electron chi connectivity index (χ4n) is 0.883. The van der Waals surface area contributed by atoms with Crippen LogP contribution in [0, 0.1) is 10.8 Å². The molecule has 0 fully saturated rings. The maximum Gasteiger partial charge on any atom is 0.333 e. The lowest BCUT2D eigenvalue weighted by atomic mass is 9.91. The zero-order chi connectivity index (χ0) is 19.6. The van der Waals surface area contributed by atoms with E-state index in [-0.39, 0.29) is 19.2 Å². The molecule has 0 spiro atoms. The Morgan fingerprint density at radius 2 is 1.33 bits per heavy atom. The molecule has 6 nitrogen and oxygen atoms in total. The van der Waals surface area contributed by atoms with Gasteiger partial charge in [0.25, 0.3) is 0 Å². The highest BCUT2D eigenvalue weighted by atomic mass is 16.6. The molecule has 0 amide bonds. The van der Waals surface area contributed by atoms with Crippen LogP contribution in [0.1, 0.15) is 61.3 Å². The van der Waals surface area contributed by atoms with E-state index in [1.807, 2.05) is 27.7 Å². The average molecular weight is 344 g/mol. The number of rotatable bonds is 8. The van der Waals surface area contributed by atoms with E-state index < -0.39 is 22.8 Å². The van der Waals surface area contributed by atoms with E-state index in [1.165, 1.54) is 0 Å². The predicted octanol–water partition coefficient (Wildman–Crippen LogP) is 3.59. The monoisotopic (exact) mass is 344 g/mol. The van der Waals surface area contributed by atoms with Crippen LogP contribution < -0.4 is 0 Å². The summed E-state index contributed by atoms with van der Waals surface area (Å²) in [6.07, 6.45) is 1.39. The van der Waals surface area contributed by atoms with Crippen LogP contribution >= 0.6 is 0 Å². The molecule has 0 heterocycles. The van der Waals surface area contributed by atoms with Gasteiger partial charge < -0.3 is 14.6 Å². The van der Waals surface area contributed by atoms with Crippen molar-refractivity contribution in [3.63, 3.8) is 0 Å². The smallest absolute Gasteiger partial charge is 0.333 e. The van der Waals surface area contributed by atoms with Gasteiger partial charge >= 0.3 is 17.9 Å². The number of aliphatic carboxylic acids is 1. The number of hydrogen-bond donors (Lipinski definition) is 1. The zero-order valence-corrected chi connectivity index (χ0v) is 16.0. The number of esters is 2.